The standard InChI is InChI=1S/C12H19N3/c13-11-6-7-14-12(10-11)15-8-4-2-1-3-5-9-15/h6-7,10H,1-5,8-9H2,(H2,13,14). The maximum absolute atomic E-state index is 5.77. The second-order valence-electron chi connectivity index (χ2n) is 4.20. The molecule has 0 aromatic carbocycles. The molecule has 15 heavy (non-hydrogen) atoms. The van der Waals surface area contributed by atoms with E-state index in [-0.39, 0.29) is 0 Å². The Bertz CT molecular complexity index is 303. The molecule has 0 spiro atoms. The van der Waals surface area contributed by atoms with Crippen LogP contribution in [-0.2, 0) is 0 Å². The molecule has 82 valence electrons. The monoisotopic (exact) mass is 205 g/mol. The van der Waals surface area contributed by atoms with Crippen LogP contribution in [0.4, 0.5) is 11.5 Å². The summed E-state index contributed by atoms with van der Waals surface area (Å²) in [6, 6.07) is 3.81. The van der Waals surface area contributed by atoms with E-state index in [2.05, 4.69) is 9.88 Å². The van der Waals surface area contributed by atoms with E-state index in [4.69, 9.17) is 5.73 Å². The Hall–Kier alpha value is -1.25. The molecule has 0 radical (unpaired) electrons. The lowest BCUT2D eigenvalue weighted by Crippen LogP contribution is -2.27. The first-order valence-corrected chi connectivity index (χ1v) is 5.83. The van der Waals surface area contributed by atoms with Gasteiger partial charge in [-0.15, -0.1) is 0 Å². The number of hydrogen-bond acceptors (Lipinski definition) is 3. The van der Waals surface area contributed by atoms with Gasteiger partial charge in [-0.25, -0.2) is 4.98 Å². The minimum Gasteiger partial charge on any atom is -0.399 e. The highest BCUT2D eigenvalue weighted by Gasteiger charge is 2.09. The van der Waals surface area contributed by atoms with Crippen LogP contribution in [0, 0.1) is 0 Å². The predicted octanol–water partition coefficient (Wildman–Crippen LogP) is 2.43. The smallest absolute Gasteiger partial charge is 0.130 e. The fraction of sp³-hybridized carbons (Fsp3) is 0.583. The summed E-state index contributed by atoms with van der Waals surface area (Å²) < 4.78 is 0. The van der Waals surface area contributed by atoms with Crippen LogP contribution < -0.4 is 10.6 Å². The molecular weight excluding hydrogens is 186 g/mol. The van der Waals surface area contributed by atoms with Crippen LogP contribution in [0.5, 0.6) is 0 Å². The van der Waals surface area contributed by atoms with Crippen molar-refractivity contribution in [1.29, 1.82) is 0 Å². The lowest BCUT2D eigenvalue weighted by Gasteiger charge is -2.25. The van der Waals surface area contributed by atoms with Crippen molar-refractivity contribution >= 4 is 11.5 Å². The van der Waals surface area contributed by atoms with E-state index in [0.717, 1.165) is 24.6 Å². The molecule has 3 heteroatoms. The Morgan fingerprint density at radius 2 is 1.73 bits per heavy atom. The fourth-order valence-electron chi connectivity index (χ4n) is 2.08. The van der Waals surface area contributed by atoms with Crippen LogP contribution in [0.3, 0.4) is 0 Å². The molecule has 1 aliphatic rings. The van der Waals surface area contributed by atoms with Gasteiger partial charge in [0.05, 0.1) is 0 Å². The number of nitrogens with zero attached hydrogens (tertiary/aromatic N) is 2. The van der Waals surface area contributed by atoms with Gasteiger partial charge in [-0.2, -0.15) is 0 Å². The Morgan fingerprint density at radius 1 is 1.07 bits per heavy atom. The molecule has 0 saturated carbocycles. The third-order valence-electron chi connectivity index (χ3n) is 2.95. The van der Waals surface area contributed by atoms with E-state index in [1.54, 1.807) is 6.20 Å². The Kier molecular flexibility index (Phi) is 3.43. The van der Waals surface area contributed by atoms with Crippen LogP contribution >= 0.6 is 0 Å². The molecule has 1 fully saturated rings. The van der Waals surface area contributed by atoms with Gasteiger partial charge in [0.1, 0.15) is 5.82 Å². The number of hydrogen-bond donors (Lipinski definition) is 1. The lowest BCUT2D eigenvalue weighted by atomic mass is 10.1. The molecule has 0 aliphatic carbocycles. The van der Waals surface area contributed by atoms with E-state index in [0.29, 0.717) is 0 Å². The van der Waals surface area contributed by atoms with E-state index in [1.807, 2.05) is 12.1 Å². The van der Waals surface area contributed by atoms with Crippen LogP contribution in [0.1, 0.15) is 32.1 Å². The van der Waals surface area contributed by atoms with Gasteiger partial charge in [0.2, 0.25) is 0 Å². The minimum atomic E-state index is 0.807. The molecule has 2 heterocycles. The van der Waals surface area contributed by atoms with Gasteiger partial charge in [-0.3, -0.25) is 0 Å². The number of nitrogens with two attached hydrogens (primary N) is 1. The van der Waals surface area contributed by atoms with Crippen LogP contribution in [-0.4, -0.2) is 18.1 Å². The summed E-state index contributed by atoms with van der Waals surface area (Å²) in [5.41, 5.74) is 6.58. The van der Waals surface area contributed by atoms with Gasteiger partial charge in [-0.05, 0) is 18.9 Å². The van der Waals surface area contributed by atoms with E-state index >= 15 is 0 Å². The van der Waals surface area contributed by atoms with Crippen molar-refractivity contribution in [1.82, 2.24) is 4.98 Å². The van der Waals surface area contributed by atoms with Crippen molar-refractivity contribution in [3.8, 4) is 0 Å². The Morgan fingerprint density at radius 3 is 2.40 bits per heavy atom. The molecular formula is C12H19N3. The topological polar surface area (TPSA) is 42.1 Å². The zero-order chi connectivity index (χ0) is 10.5. The molecule has 0 atom stereocenters. The summed E-state index contributed by atoms with van der Waals surface area (Å²) >= 11 is 0. The largest absolute Gasteiger partial charge is 0.399 e. The summed E-state index contributed by atoms with van der Waals surface area (Å²) in [7, 11) is 0. The molecule has 2 N–H and O–H groups in total. The average Bonchev–Trinajstić information content (AvgIpc) is 2.16. The molecule has 1 aliphatic heterocycles. The molecule has 2 rings (SSSR count). The summed E-state index contributed by atoms with van der Waals surface area (Å²) in [6.07, 6.45) is 8.42. The van der Waals surface area contributed by atoms with Crippen molar-refractivity contribution in [2.24, 2.45) is 0 Å². The second kappa shape index (κ2) is 5.01. The highest BCUT2D eigenvalue weighted by atomic mass is 15.2. The number of pyridine rings is 1. The maximum Gasteiger partial charge on any atom is 0.130 e. The second-order valence-corrected chi connectivity index (χ2v) is 4.20. The minimum absolute atomic E-state index is 0.807. The molecule has 1 aromatic rings. The van der Waals surface area contributed by atoms with Crippen molar-refractivity contribution in [2.45, 2.75) is 32.1 Å². The Labute approximate surface area is 91.3 Å². The van der Waals surface area contributed by atoms with Gasteiger partial charge in [0.25, 0.3) is 0 Å². The number of rotatable bonds is 1. The third-order valence-corrected chi connectivity index (χ3v) is 2.95. The SMILES string of the molecule is Nc1ccnc(N2CCCCCCC2)c1. The highest BCUT2D eigenvalue weighted by Crippen LogP contribution is 2.18. The molecule has 1 aromatic heterocycles. The zero-order valence-corrected chi connectivity index (χ0v) is 9.15. The van der Waals surface area contributed by atoms with E-state index in [9.17, 15) is 0 Å². The summed E-state index contributed by atoms with van der Waals surface area (Å²) in [6.45, 7) is 2.24. The number of anilines is 2. The maximum atomic E-state index is 5.77. The number of nitrogen functional groups attached to an aromatic ring is 1. The zero-order valence-electron chi connectivity index (χ0n) is 9.15. The first-order valence-electron chi connectivity index (χ1n) is 5.83. The molecule has 0 bridgehead atoms. The van der Waals surface area contributed by atoms with Crippen molar-refractivity contribution in [3.05, 3.63) is 18.3 Å². The Balaban J connectivity index is 2.06. The van der Waals surface area contributed by atoms with Crippen LogP contribution in [0.15, 0.2) is 18.3 Å². The fourth-order valence-corrected chi connectivity index (χ4v) is 2.08. The summed E-state index contributed by atoms with van der Waals surface area (Å²) in [5, 5.41) is 0. The summed E-state index contributed by atoms with van der Waals surface area (Å²) in [4.78, 5) is 6.74. The van der Waals surface area contributed by atoms with Gasteiger partial charge in [-0.1, -0.05) is 19.3 Å². The summed E-state index contributed by atoms with van der Waals surface area (Å²) in [5.74, 6) is 1.04. The quantitative estimate of drug-likeness (QED) is 0.765. The van der Waals surface area contributed by atoms with Crippen molar-refractivity contribution in [3.63, 3.8) is 0 Å². The normalized spacial score (nSPS) is 18.3. The van der Waals surface area contributed by atoms with Gasteiger partial charge < -0.3 is 10.6 Å². The third kappa shape index (κ3) is 2.85. The van der Waals surface area contributed by atoms with E-state index < -0.39 is 0 Å². The van der Waals surface area contributed by atoms with E-state index in [1.165, 1.54) is 32.1 Å². The average molecular weight is 205 g/mol. The first-order chi connectivity index (χ1) is 7.36. The molecule has 0 amide bonds. The highest BCUT2D eigenvalue weighted by molar-refractivity contribution is 5.50. The predicted molar refractivity (Wildman–Crippen MR) is 63.9 cm³/mol. The van der Waals surface area contributed by atoms with Gasteiger partial charge >= 0.3 is 0 Å². The van der Waals surface area contributed by atoms with Crippen molar-refractivity contribution in [2.75, 3.05) is 23.7 Å². The van der Waals surface area contributed by atoms with Gasteiger partial charge in [0, 0.05) is 31.0 Å². The molecule has 3 nitrogen and oxygen atoms in total. The lowest BCUT2D eigenvalue weighted by molar-refractivity contribution is 0.554. The van der Waals surface area contributed by atoms with Crippen LogP contribution in [0.2, 0.25) is 0 Å². The van der Waals surface area contributed by atoms with Gasteiger partial charge in [0.15, 0.2) is 0 Å². The molecule has 0 unspecified atom stereocenters. The molecule has 1 saturated heterocycles. The van der Waals surface area contributed by atoms with Crippen molar-refractivity contribution < 1.29 is 0 Å². The first kappa shape index (κ1) is 10.3. The number of aromatic nitrogens is 1. The van der Waals surface area contributed by atoms with Crippen LogP contribution in [0.25, 0.3) is 0 Å².